The van der Waals surface area contributed by atoms with Gasteiger partial charge in [0, 0.05) is 12.2 Å². The maximum atomic E-state index is 11.1. The molecule has 0 spiro atoms. The van der Waals surface area contributed by atoms with Crippen LogP contribution < -0.4 is 0 Å². The summed E-state index contributed by atoms with van der Waals surface area (Å²) in [4.78, 5) is 22.1. The van der Waals surface area contributed by atoms with Crippen molar-refractivity contribution in [3.63, 3.8) is 0 Å². The monoisotopic (exact) mass is 270 g/mol. The molecule has 1 aliphatic rings. The zero-order valence-electron chi connectivity index (χ0n) is 11.4. The van der Waals surface area contributed by atoms with Gasteiger partial charge in [-0.25, -0.2) is 9.59 Å². The zero-order chi connectivity index (χ0) is 14.5. The molecule has 0 aromatic carbocycles. The second-order valence-electron chi connectivity index (χ2n) is 4.33. The Morgan fingerprint density at radius 3 is 1.63 bits per heavy atom. The molecule has 0 aliphatic carbocycles. The molecular formula is C13H18O6. The molecule has 2 atom stereocenters. The lowest BCUT2D eigenvalue weighted by atomic mass is 10.2. The Hall–Kier alpha value is -1.66. The number of methoxy groups -OCH3 is 2. The maximum Gasteiger partial charge on any atom is 0.330 e. The standard InChI is InChI=1S/C13H18O6/c1-13(2)18-9(5-7-11(14)16-3)10(19-13)6-8-12(15)17-4/h5-10H,1-4H3/b7-5+,8-6+/t9-,10?/m1/s1. The molecule has 0 radical (unpaired) electrons. The van der Waals surface area contributed by atoms with Crippen LogP contribution in [-0.2, 0) is 28.5 Å². The summed E-state index contributed by atoms with van der Waals surface area (Å²) in [6.07, 6.45) is 4.63. The molecular weight excluding hydrogens is 252 g/mol. The van der Waals surface area contributed by atoms with Gasteiger partial charge < -0.3 is 18.9 Å². The third kappa shape index (κ3) is 4.84. The summed E-state index contributed by atoms with van der Waals surface area (Å²) >= 11 is 0. The van der Waals surface area contributed by atoms with Gasteiger partial charge in [-0.1, -0.05) is 0 Å². The first-order chi connectivity index (χ1) is 8.88. The fourth-order valence-electron chi connectivity index (χ4n) is 1.60. The molecule has 6 nitrogen and oxygen atoms in total. The third-order valence-electron chi connectivity index (χ3n) is 2.41. The van der Waals surface area contributed by atoms with Crippen molar-refractivity contribution in [2.45, 2.75) is 31.8 Å². The number of esters is 2. The van der Waals surface area contributed by atoms with Gasteiger partial charge in [0.25, 0.3) is 0 Å². The molecule has 0 aromatic rings. The predicted molar refractivity (Wildman–Crippen MR) is 66.1 cm³/mol. The normalized spacial score (nSPS) is 25.9. The molecule has 1 rings (SSSR count). The van der Waals surface area contributed by atoms with Gasteiger partial charge in [-0.2, -0.15) is 0 Å². The zero-order valence-corrected chi connectivity index (χ0v) is 11.4. The minimum atomic E-state index is -0.795. The quantitative estimate of drug-likeness (QED) is 0.560. The van der Waals surface area contributed by atoms with E-state index in [0.29, 0.717) is 0 Å². The minimum Gasteiger partial charge on any atom is -0.466 e. The van der Waals surface area contributed by atoms with E-state index in [2.05, 4.69) is 9.47 Å². The SMILES string of the molecule is COC(=O)/C=C/C1OC(C)(C)O[C@@H]1/C=C/C(=O)OC. The van der Waals surface area contributed by atoms with Crippen LogP contribution in [0.25, 0.3) is 0 Å². The first-order valence-corrected chi connectivity index (χ1v) is 5.76. The number of rotatable bonds is 4. The number of ether oxygens (including phenoxy) is 4. The van der Waals surface area contributed by atoms with Crippen LogP contribution in [0, 0.1) is 0 Å². The van der Waals surface area contributed by atoms with Crippen molar-refractivity contribution in [2.24, 2.45) is 0 Å². The van der Waals surface area contributed by atoms with E-state index in [9.17, 15) is 9.59 Å². The molecule has 1 unspecified atom stereocenters. The van der Waals surface area contributed by atoms with Crippen LogP contribution >= 0.6 is 0 Å². The van der Waals surface area contributed by atoms with E-state index in [4.69, 9.17) is 9.47 Å². The average Bonchev–Trinajstić information content (AvgIpc) is 2.67. The van der Waals surface area contributed by atoms with E-state index in [1.54, 1.807) is 13.8 Å². The molecule has 19 heavy (non-hydrogen) atoms. The predicted octanol–water partition coefficient (Wildman–Crippen LogP) is 0.965. The first-order valence-electron chi connectivity index (χ1n) is 5.76. The van der Waals surface area contributed by atoms with Crippen LogP contribution in [0.1, 0.15) is 13.8 Å². The van der Waals surface area contributed by atoms with E-state index >= 15 is 0 Å². The van der Waals surface area contributed by atoms with Gasteiger partial charge in [-0.15, -0.1) is 0 Å². The van der Waals surface area contributed by atoms with Gasteiger partial charge in [-0.05, 0) is 26.0 Å². The van der Waals surface area contributed by atoms with Crippen molar-refractivity contribution < 1.29 is 28.5 Å². The Morgan fingerprint density at radius 2 is 1.32 bits per heavy atom. The summed E-state index contributed by atoms with van der Waals surface area (Å²) in [6.45, 7) is 3.50. The summed E-state index contributed by atoms with van der Waals surface area (Å²) in [5.41, 5.74) is 0. The highest BCUT2D eigenvalue weighted by Gasteiger charge is 2.38. The largest absolute Gasteiger partial charge is 0.466 e. The molecule has 6 heteroatoms. The fraction of sp³-hybridized carbons (Fsp3) is 0.538. The number of carbonyl (C=O) groups excluding carboxylic acids is 2. The van der Waals surface area contributed by atoms with E-state index < -0.39 is 29.9 Å². The van der Waals surface area contributed by atoms with Crippen molar-refractivity contribution in [2.75, 3.05) is 14.2 Å². The van der Waals surface area contributed by atoms with Gasteiger partial charge >= 0.3 is 11.9 Å². The summed E-state index contributed by atoms with van der Waals surface area (Å²) in [7, 11) is 2.58. The lowest BCUT2D eigenvalue weighted by Crippen LogP contribution is -2.21. The second-order valence-corrected chi connectivity index (χ2v) is 4.33. The highest BCUT2D eigenvalue weighted by Crippen LogP contribution is 2.29. The van der Waals surface area contributed by atoms with Crippen molar-refractivity contribution in [3.05, 3.63) is 24.3 Å². The van der Waals surface area contributed by atoms with Gasteiger partial charge in [-0.3, -0.25) is 0 Å². The molecule has 106 valence electrons. The van der Waals surface area contributed by atoms with Crippen LogP contribution in [0.4, 0.5) is 0 Å². The Bertz CT molecular complexity index is 360. The minimum absolute atomic E-state index is 0.477. The van der Waals surface area contributed by atoms with E-state index in [-0.39, 0.29) is 0 Å². The van der Waals surface area contributed by atoms with Gasteiger partial charge in [0.2, 0.25) is 0 Å². The van der Waals surface area contributed by atoms with Gasteiger partial charge in [0.1, 0.15) is 12.2 Å². The highest BCUT2D eigenvalue weighted by atomic mass is 16.7. The van der Waals surface area contributed by atoms with E-state index in [1.807, 2.05) is 0 Å². The molecule has 0 N–H and O–H groups in total. The smallest absolute Gasteiger partial charge is 0.330 e. The fourth-order valence-corrected chi connectivity index (χ4v) is 1.60. The Kier molecular flexibility index (Phi) is 5.26. The molecule has 0 amide bonds. The van der Waals surface area contributed by atoms with Crippen LogP contribution in [0.5, 0.6) is 0 Å². The summed E-state index contributed by atoms with van der Waals surface area (Å²) in [5.74, 6) is -1.76. The highest BCUT2D eigenvalue weighted by molar-refractivity contribution is 5.82. The van der Waals surface area contributed by atoms with Crippen LogP contribution in [0.15, 0.2) is 24.3 Å². The third-order valence-corrected chi connectivity index (χ3v) is 2.41. The summed E-state index contributed by atoms with van der Waals surface area (Å²) in [6, 6.07) is 0. The lowest BCUT2D eigenvalue weighted by Gasteiger charge is -2.15. The van der Waals surface area contributed by atoms with Crippen molar-refractivity contribution in [1.29, 1.82) is 0 Å². The number of hydrogen-bond donors (Lipinski definition) is 0. The average molecular weight is 270 g/mol. The molecule has 1 fully saturated rings. The molecule has 0 aromatic heterocycles. The van der Waals surface area contributed by atoms with E-state index in [0.717, 1.165) is 0 Å². The Labute approximate surface area is 112 Å². The molecule has 0 bridgehead atoms. The Balaban J connectivity index is 2.75. The summed E-state index contributed by atoms with van der Waals surface area (Å²) < 4.78 is 20.2. The molecule has 1 saturated heterocycles. The molecule has 0 saturated carbocycles. The first kappa shape index (κ1) is 15.4. The number of carbonyl (C=O) groups is 2. The maximum absolute atomic E-state index is 11.1. The van der Waals surface area contributed by atoms with Crippen LogP contribution in [0.3, 0.4) is 0 Å². The molecule has 1 heterocycles. The van der Waals surface area contributed by atoms with Crippen LogP contribution in [-0.4, -0.2) is 44.2 Å². The van der Waals surface area contributed by atoms with Crippen molar-refractivity contribution >= 4 is 11.9 Å². The Morgan fingerprint density at radius 1 is 0.947 bits per heavy atom. The number of hydrogen-bond acceptors (Lipinski definition) is 6. The van der Waals surface area contributed by atoms with Gasteiger partial charge in [0.05, 0.1) is 14.2 Å². The lowest BCUT2D eigenvalue weighted by molar-refractivity contribution is -0.140. The second kappa shape index (κ2) is 6.49. The van der Waals surface area contributed by atoms with E-state index in [1.165, 1.54) is 38.5 Å². The van der Waals surface area contributed by atoms with Crippen molar-refractivity contribution in [1.82, 2.24) is 0 Å². The van der Waals surface area contributed by atoms with Crippen molar-refractivity contribution in [3.8, 4) is 0 Å². The molecule has 1 aliphatic heterocycles. The summed E-state index contributed by atoms with van der Waals surface area (Å²) in [5, 5.41) is 0. The topological polar surface area (TPSA) is 71.1 Å². The van der Waals surface area contributed by atoms with Gasteiger partial charge in [0.15, 0.2) is 5.79 Å². The van der Waals surface area contributed by atoms with Crippen LogP contribution in [0.2, 0.25) is 0 Å².